The first-order valence-corrected chi connectivity index (χ1v) is 7.87. The summed E-state index contributed by atoms with van der Waals surface area (Å²) in [4.78, 5) is 31.4. The van der Waals surface area contributed by atoms with Crippen molar-refractivity contribution in [2.75, 3.05) is 31.1 Å². The molecule has 1 aromatic heterocycles. The van der Waals surface area contributed by atoms with Gasteiger partial charge in [-0.2, -0.15) is 0 Å². The minimum absolute atomic E-state index is 0.346. The molecule has 0 spiro atoms. The van der Waals surface area contributed by atoms with Crippen LogP contribution in [0.15, 0.2) is 5.38 Å². The van der Waals surface area contributed by atoms with Gasteiger partial charge < -0.3 is 10.6 Å². The lowest BCUT2D eigenvalue weighted by Gasteiger charge is -2.26. The van der Waals surface area contributed by atoms with E-state index in [0.29, 0.717) is 0 Å². The number of nitrogens with two attached hydrogens (primary N) is 1. The van der Waals surface area contributed by atoms with Gasteiger partial charge in [0.15, 0.2) is 5.13 Å². The number of imide groups is 1. The van der Waals surface area contributed by atoms with E-state index in [1.54, 1.807) is 18.3 Å². The van der Waals surface area contributed by atoms with Crippen LogP contribution < -0.4 is 16.0 Å². The first-order valence-electron chi connectivity index (χ1n) is 6.99. The molecule has 1 atom stereocenters. The van der Waals surface area contributed by atoms with E-state index >= 15 is 0 Å². The van der Waals surface area contributed by atoms with Crippen LogP contribution in [0.5, 0.6) is 0 Å². The molecule has 1 fully saturated rings. The second kappa shape index (κ2) is 6.86. The molecule has 0 bridgehead atoms. The van der Waals surface area contributed by atoms with Gasteiger partial charge in [-0.3, -0.25) is 15.0 Å². The van der Waals surface area contributed by atoms with Crippen molar-refractivity contribution in [3.05, 3.63) is 11.1 Å². The molecular weight excluding hydrogens is 290 g/mol. The lowest BCUT2D eigenvalue weighted by atomic mass is 10.2. The van der Waals surface area contributed by atoms with E-state index in [-0.39, 0.29) is 11.9 Å². The zero-order valence-corrected chi connectivity index (χ0v) is 13.2. The van der Waals surface area contributed by atoms with Crippen LogP contribution in [0.2, 0.25) is 0 Å². The average Bonchev–Trinajstić information content (AvgIpc) is 2.72. The molecule has 0 saturated carbocycles. The Kier molecular flexibility index (Phi) is 5.13. The molecule has 2 heterocycles. The smallest absolute Gasteiger partial charge is 0.318 e. The van der Waals surface area contributed by atoms with Crippen molar-refractivity contribution in [2.45, 2.75) is 26.3 Å². The van der Waals surface area contributed by atoms with Crippen molar-refractivity contribution in [3.8, 4) is 0 Å². The molecule has 1 saturated heterocycles. The number of urea groups is 1. The predicted octanol–water partition coefficient (Wildman–Crippen LogP) is 0.547. The van der Waals surface area contributed by atoms with Crippen LogP contribution in [0.1, 0.15) is 19.0 Å². The maximum atomic E-state index is 11.8. The Balaban J connectivity index is 1.94. The molecule has 1 aliphatic rings. The van der Waals surface area contributed by atoms with Crippen LogP contribution in [0, 0.1) is 6.92 Å². The van der Waals surface area contributed by atoms with Gasteiger partial charge >= 0.3 is 6.03 Å². The van der Waals surface area contributed by atoms with Gasteiger partial charge in [-0.15, -0.1) is 11.3 Å². The summed E-state index contributed by atoms with van der Waals surface area (Å²) in [6.45, 7) is 7.09. The molecule has 0 aliphatic carbocycles. The van der Waals surface area contributed by atoms with E-state index in [2.05, 4.69) is 20.1 Å². The monoisotopic (exact) mass is 311 g/mol. The van der Waals surface area contributed by atoms with E-state index in [9.17, 15) is 9.59 Å². The molecule has 1 aliphatic heterocycles. The second-order valence-corrected chi connectivity index (χ2v) is 6.01. The maximum absolute atomic E-state index is 11.8. The first kappa shape index (κ1) is 15.7. The number of hydrogen-bond donors (Lipinski definition) is 2. The van der Waals surface area contributed by atoms with Gasteiger partial charge in [0.25, 0.3) is 0 Å². The fourth-order valence-electron chi connectivity index (χ4n) is 2.39. The number of nitrogens with one attached hydrogen (secondary N) is 1. The van der Waals surface area contributed by atoms with Crippen molar-refractivity contribution in [3.63, 3.8) is 0 Å². The Labute approximate surface area is 128 Å². The molecule has 116 valence electrons. The van der Waals surface area contributed by atoms with E-state index < -0.39 is 6.03 Å². The number of carbonyl (C=O) groups is 2. The zero-order chi connectivity index (χ0) is 15.4. The van der Waals surface area contributed by atoms with Gasteiger partial charge in [0.05, 0.1) is 11.7 Å². The van der Waals surface area contributed by atoms with Crippen LogP contribution in [-0.4, -0.2) is 54.0 Å². The minimum atomic E-state index is -0.804. The van der Waals surface area contributed by atoms with Crippen molar-refractivity contribution < 1.29 is 9.59 Å². The number of nitrogens with zero attached hydrogens (tertiary/aromatic N) is 3. The number of aromatic nitrogens is 1. The predicted molar refractivity (Wildman–Crippen MR) is 82.4 cm³/mol. The molecule has 2 rings (SSSR count). The van der Waals surface area contributed by atoms with E-state index in [1.165, 1.54) is 0 Å². The SMILES string of the molecule is Cc1csc(N2CCCN(C(C)C(=O)NC(N)=O)CC2)n1. The lowest BCUT2D eigenvalue weighted by Crippen LogP contribution is -2.49. The molecule has 3 amide bonds. The number of thiazole rings is 1. The summed E-state index contributed by atoms with van der Waals surface area (Å²) in [5.41, 5.74) is 6.02. The molecular formula is C13H21N5O2S. The summed E-state index contributed by atoms with van der Waals surface area (Å²) >= 11 is 1.65. The van der Waals surface area contributed by atoms with Gasteiger partial charge in [0.2, 0.25) is 5.91 Å². The van der Waals surface area contributed by atoms with Crippen molar-refractivity contribution in [1.82, 2.24) is 15.2 Å². The summed E-state index contributed by atoms with van der Waals surface area (Å²) in [5.74, 6) is -0.346. The van der Waals surface area contributed by atoms with Crippen LogP contribution in [0.4, 0.5) is 9.93 Å². The quantitative estimate of drug-likeness (QED) is 0.850. The third-order valence-corrected chi connectivity index (χ3v) is 4.60. The van der Waals surface area contributed by atoms with Crippen LogP contribution in [0.3, 0.4) is 0 Å². The highest BCUT2D eigenvalue weighted by Gasteiger charge is 2.25. The molecule has 1 unspecified atom stereocenters. The molecule has 0 aromatic carbocycles. The Bertz CT molecular complexity index is 518. The van der Waals surface area contributed by atoms with Gasteiger partial charge in [-0.05, 0) is 20.3 Å². The summed E-state index contributed by atoms with van der Waals surface area (Å²) < 4.78 is 0. The average molecular weight is 311 g/mol. The molecule has 7 nitrogen and oxygen atoms in total. The van der Waals surface area contributed by atoms with Crippen LogP contribution in [-0.2, 0) is 4.79 Å². The highest BCUT2D eigenvalue weighted by Crippen LogP contribution is 2.21. The Morgan fingerprint density at radius 3 is 2.76 bits per heavy atom. The van der Waals surface area contributed by atoms with Gasteiger partial charge in [-0.1, -0.05) is 0 Å². The largest absolute Gasteiger partial charge is 0.351 e. The number of hydrogen-bond acceptors (Lipinski definition) is 6. The van der Waals surface area contributed by atoms with Gasteiger partial charge in [0, 0.05) is 31.6 Å². The van der Waals surface area contributed by atoms with E-state index in [4.69, 9.17) is 5.73 Å². The minimum Gasteiger partial charge on any atom is -0.351 e. The fraction of sp³-hybridized carbons (Fsp3) is 0.615. The number of carbonyl (C=O) groups excluding carboxylic acids is 2. The Morgan fingerprint density at radius 1 is 1.38 bits per heavy atom. The fourth-order valence-corrected chi connectivity index (χ4v) is 3.25. The summed E-state index contributed by atoms with van der Waals surface area (Å²) in [6, 6.07) is -1.17. The lowest BCUT2D eigenvalue weighted by molar-refractivity contribution is -0.124. The van der Waals surface area contributed by atoms with E-state index in [1.807, 2.05) is 12.3 Å². The number of aryl methyl sites for hydroxylation is 1. The number of anilines is 1. The highest BCUT2D eigenvalue weighted by atomic mass is 32.1. The van der Waals surface area contributed by atoms with Crippen LogP contribution >= 0.6 is 11.3 Å². The molecule has 8 heteroatoms. The second-order valence-electron chi connectivity index (χ2n) is 5.18. The molecule has 1 aromatic rings. The van der Waals surface area contributed by atoms with Crippen molar-refractivity contribution in [2.24, 2.45) is 5.73 Å². The van der Waals surface area contributed by atoms with Gasteiger partial charge in [-0.25, -0.2) is 9.78 Å². The molecule has 0 radical (unpaired) electrons. The first-order chi connectivity index (χ1) is 9.97. The third-order valence-electron chi connectivity index (χ3n) is 3.58. The standard InChI is InChI=1S/C13H21N5O2S/c1-9-8-21-13(15-9)18-5-3-4-17(6-7-18)10(2)11(19)16-12(14)20/h8,10H,3-7H2,1-2H3,(H3,14,16,19,20). The molecule has 21 heavy (non-hydrogen) atoms. The summed E-state index contributed by atoms with van der Waals surface area (Å²) in [7, 11) is 0. The Hall–Kier alpha value is -1.67. The third kappa shape index (κ3) is 4.15. The van der Waals surface area contributed by atoms with E-state index in [0.717, 1.165) is 43.4 Å². The zero-order valence-electron chi connectivity index (χ0n) is 12.3. The number of rotatable bonds is 3. The summed E-state index contributed by atoms with van der Waals surface area (Å²) in [6.07, 6.45) is 0.951. The van der Waals surface area contributed by atoms with Crippen molar-refractivity contribution in [1.29, 1.82) is 0 Å². The maximum Gasteiger partial charge on any atom is 0.318 e. The summed E-state index contributed by atoms with van der Waals surface area (Å²) in [5, 5.41) is 5.21. The Morgan fingerprint density at radius 2 is 2.14 bits per heavy atom. The number of primary amides is 1. The van der Waals surface area contributed by atoms with Crippen LogP contribution in [0.25, 0.3) is 0 Å². The topological polar surface area (TPSA) is 91.6 Å². The van der Waals surface area contributed by atoms with Crippen molar-refractivity contribution >= 4 is 28.4 Å². The molecule has 3 N–H and O–H groups in total. The highest BCUT2D eigenvalue weighted by molar-refractivity contribution is 7.13. The van der Waals surface area contributed by atoms with Gasteiger partial charge in [0.1, 0.15) is 0 Å². The normalized spacial score (nSPS) is 18.1. The number of amides is 3.